The van der Waals surface area contributed by atoms with Crippen LogP contribution in [0, 0.1) is 19.7 Å². The highest BCUT2D eigenvalue weighted by atomic mass is 19.1. The number of amides is 1. The van der Waals surface area contributed by atoms with Crippen LogP contribution in [-0.2, 0) is 16.1 Å². The van der Waals surface area contributed by atoms with Crippen molar-refractivity contribution in [2.24, 2.45) is 0 Å². The maximum atomic E-state index is 13.6. The molecule has 0 aliphatic heterocycles. The Labute approximate surface area is 225 Å². The smallest absolute Gasteiger partial charge is 0.416 e. The third-order valence-electron chi connectivity index (χ3n) is 6.22. The van der Waals surface area contributed by atoms with Crippen LogP contribution in [0.3, 0.4) is 0 Å². The molecule has 9 heteroatoms. The number of carbonyl (C=O) groups excluding carboxylic acids is 2. The fraction of sp³-hybridized carbons (Fsp3) is 0.233. The molecule has 4 rings (SSSR count). The van der Waals surface area contributed by atoms with Crippen LogP contribution in [-0.4, -0.2) is 35.6 Å². The van der Waals surface area contributed by atoms with Crippen molar-refractivity contribution in [2.75, 3.05) is 13.7 Å². The lowest BCUT2D eigenvalue weighted by Crippen LogP contribution is -2.40. The summed E-state index contributed by atoms with van der Waals surface area (Å²) in [6.45, 7) is 5.06. The van der Waals surface area contributed by atoms with Crippen LogP contribution in [0.5, 0.6) is 11.5 Å². The highest BCUT2D eigenvalue weighted by Gasteiger charge is 2.26. The van der Waals surface area contributed by atoms with Crippen molar-refractivity contribution in [3.05, 3.63) is 101 Å². The molecule has 0 bridgehead atoms. The van der Waals surface area contributed by atoms with Gasteiger partial charge in [0.2, 0.25) is 5.89 Å². The molecule has 1 atom stereocenters. The SMILES string of the molecule is COC(=O)CN(C(=O)Oc1ccc(F)c(C)c1)[C@@H](C)c1ccc(OCc2nc(-c3ccccc3)oc2C)cc1. The first-order valence-electron chi connectivity index (χ1n) is 12.3. The van der Waals surface area contributed by atoms with Crippen molar-refractivity contribution < 1.29 is 32.6 Å². The van der Waals surface area contributed by atoms with Gasteiger partial charge in [-0.1, -0.05) is 30.3 Å². The summed E-state index contributed by atoms with van der Waals surface area (Å²) in [7, 11) is 1.24. The van der Waals surface area contributed by atoms with E-state index in [1.807, 2.05) is 37.3 Å². The quantitative estimate of drug-likeness (QED) is 0.230. The summed E-state index contributed by atoms with van der Waals surface area (Å²) >= 11 is 0. The Morgan fingerprint density at radius 2 is 1.69 bits per heavy atom. The van der Waals surface area contributed by atoms with Gasteiger partial charge in [-0.3, -0.25) is 9.69 Å². The van der Waals surface area contributed by atoms with E-state index in [0.717, 1.165) is 11.1 Å². The van der Waals surface area contributed by atoms with E-state index in [9.17, 15) is 14.0 Å². The first-order chi connectivity index (χ1) is 18.7. The first kappa shape index (κ1) is 27.4. The van der Waals surface area contributed by atoms with Gasteiger partial charge in [-0.25, -0.2) is 14.2 Å². The molecule has 0 spiro atoms. The number of rotatable bonds is 9. The third-order valence-corrected chi connectivity index (χ3v) is 6.22. The number of halogens is 1. The van der Waals surface area contributed by atoms with E-state index in [2.05, 4.69) is 4.98 Å². The number of methoxy groups -OCH3 is 1. The van der Waals surface area contributed by atoms with E-state index >= 15 is 0 Å². The topological polar surface area (TPSA) is 91.1 Å². The Balaban J connectivity index is 1.44. The lowest BCUT2D eigenvalue weighted by Gasteiger charge is -2.28. The van der Waals surface area contributed by atoms with Crippen molar-refractivity contribution in [1.29, 1.82) is 0 Å². The number of aromatic nitrogens is 1. The standard InChI is InChI=1S/C30H29FN2O6/c1-19-16-25(14-15-26(19)31)39-30(35)33(17-28(34)36-4)20(2)22-10-12-24(13-11-22)37-18-27-21(3)38-29(32-27)23-8-6-5-7-9-23/h5-16,20H,17-18H2,1-4H3/t20-/m0/s1. The average Bonchev–Trinajstić information content (AvgIpc) is 3.33. The van der Waals surface area contributed by atoms with Crippen molar-refractivity contribution in [3.8, 4) is 23.0 Å². The number of benzene rings is 3. The molecule has 3 aromatic carbocycles. The summed E-state index contributed by atoms with van der Waals surface area (Å²) in [6, 6.07) is 20.2. The van der Waals surface area contributed by atoms with E-state index in [1.165, 1.54) is 30.2 Å². The van der Waals surface area contributed by atoms with Crippen molar-refractivity contribution >= 4 is 12.1 Å². The molecule has 0 saturated carbocycles. The number of carbonyl (C=O) groups is 2. The minimum Gasteiger partial charge on any atom is -0.487 e. The van der Waals surface area contributed by atoms with E-state index in [-0.39, 0.29) is 18.9 Å². The molecule has 1 amide bonds. The molecule has 0 fully saturated rings. The predicted octanol–water partition coefficient (Wildman–Crippen LogP) is 6.41. The zero-order chi connectivity index (χ0) is 27.9. The van der Waals surface area contributed by atoms with E-state index in [0.29, 0.717) is 28.7 Å². The Morgan fingerprint density at radius 3 is 2.36 bits per heavy atom. The number of aryl methyl sites for hydroxylation is 2. The maximum Gasteiger partial charge on any atom is 0.416 e. The van der Waals surface area contributed by atoms with Crippen LogP contribution in [0.2, 0.25) is 0 Å². The van der Waals surface area contributed by atoms with Gasteiger partial charge in [0, 0.05) is 5.56 Å². The predicted molar refractivity (Wildman–Crippen MR) is 142 cm³/mol. The second kappa shape index (κ2) is 12.3. The van der Waals surface area contributed by atoms with Crippen LogP contribution >= 0.6 is 0 Å². The van der Waals surface area contributed by atoms with Gasteiger partial charge in [-0.05, 0) is 74.4 Å². The van der Waals surface area contributed by atoms with Crippen LogP contribution < -0.4 is 9.47 Å². The molecule has 1 aromatic heterocycles. The molecule has 0 N–H and O–H groups in total. The molecular formula is C30H29FN2O6. The zero-order valence-electron chi connectivity index (χ0n) is 22.1. The Kier molecular flexibility index (Phi) is 8.60. The fourth-order valence-electron chi connectivity index (χ4n) is 3.84. The summed E-state index contributed by atoms with van der Waals surface area (Å²) in [5.74, 6) is 0.956. The van der Waals surface area contributed by atoms with Gasteiger partial charge < -0.3 is 18.6 Å². The maximum absolute atomic E-state index is 13.6. The molecule has 39 heavy (non-hydrogen) atoms. The molecule has 1 heterocycles. The number of oxazole rings is 1. The number of hydrogen-bond donors (Lipinski definition) is 0. The van der Waals surface area contributed by atoms with Gasteiger partial charge in [-0.2, -0.15) is 0 Å². The Morgan fingerprint density at radius 1 is 1.00 bits per heavy atom. The van der Waals surface area contributed by atoms with E-state index in [4.69, 9.17) is 18.6 Å². The van der Waals surface area contributed by atoms with E-state index < -0.39 is 23.9 Å². The van der Waals surface area contributed by atoms with Crippen molar-refractivity contribution in [3.63, 3.8) is 0 Å². The first-order valence-corrected chi connectivity index (χ1v) is 12.3. The third kappa shape index (κ3) is 6.81. The molecule has 0 aliphatic rings. The van der Waals surface area contributed by atoms with Crippen LogP contribution in [0.1, 0.15) is 35.5 Å². The van der Waals surface area contributed by atoms with Gasteiger partial charge in [0.1, 0.15) is 41.9 Å². The van der Waals surface area contributed by atoms with Gasteiger partial charge in [0.15, 0.2) is 0 Å². The molecule has 0 radical (unpaired) electrons. The van der Waals surface area contributed by atoms with Gasteiger partial charge in [-0.15, -0.1) is 0 Å². The zero-order valence-corrected chi connectivity index (χ0v) is 22.1. The molecule has 0 aliphatic carbocycles. The number of nitrogens with zero attached hydrogens (tertiary/aromatic N) is 2. The number of ether oxygens (including phenoxy) is 3. The van der Waals surface area contributed by atoms with E-state index in [1.54, 1.807) is 38.1 Å². The van der Waals surface area contributed by atoms with Gasteiger partial charge in [0.05, 0.1) is 13.2 Å². The monoisotopic (exact) mass is 532 g/mol. The minimum atomic E-state index is -0.769. The normalized spacial score (nSPS) is 11.5. The molecule has 202 valence electrons. The van der Waals surface area contributed by atoms with Gasteiger partial charge >= 0.3 is 12.1 Å². The second-order valence-electron chi connectivity index (χ2n) is 8.90. The van der Waals surface area contributed by atoms with Crippen LogP contribution in [0.25, 0.3) is 11.5 Å². The molecule has 8 nitrogen and oxygen atoms in total. The van der Waals surface area contributed by atoms with Gasteiger partial charge in [0.25, 0.3) is 0 Å². The fourth-order valence-corrected chi connectivity index (χ4v) is 3.84. The summed E-state index contributed by atoms with van der Waals surface area (Å²) in [5, 5.41) is 0. The summed E-state index contributed by atoms with van der Waals surface area (Å²) in [5.41, 5.74) is 2.65. The highest BCUT2D eigenvalue weighted by Crippen LogP contribution is 2.26. The lowest BCUT2D eigenvalue weighted by molar-refractivity contribution is -0.141. The van der Waals surface area contributed by atoms with Crippen LogP contribution in [0.4, 0.5) is 9.18 Å². The highest BCUT2D eigenvalue weighted by molar-refractivity contribution is 5.79. The second-order valence-corrected chi connectivity index (χ2v) is 8.90. The van der Waals surface area contributed by atoms with Crippen LogP contribution in [0.15, 0.2) is 77.2 Å². The largest absolute Gasteiger partial charge is 0.487 e. The molecule has 0 unspecified atom stereocenters. The lowest BCUT2D eigenvalue weighted by atomic mass is 10.1. The summed E-state index contributed by atoms with van der Waals surface area (Å²) < 4.78 is 35.5. The Bertz CT molecular complexity index is 1440. The number of hydrogen-bond acceptors (Lipinski definition) is 7. The minimum absolute atomic E-state index is 0.170. The molecule has 0 saturated heterocycles. The molecular weight excluding hydrogens is 503 g/mol. The average molecular weight is 533 g/mol. The Hall–Kier alpha value is -4.66. The molecule has 4 aromatic rings. The summed E-state index contributed by atoms with van der Waals surface area (Å²) in [6.07, 6.45) is -0.769. The number of esters is 1. The van der Waals surface area contributed by atoms with Crippen molar-refractivity contribution in [2.45, 2.75) is 33.4 Å². The van der Waals surface area contributed by atoms with Crippen molar-refractivity contribution in [1.82, 2.24) is 9.88 Å². The summed E-state index contributed by atoms with van der Waals surface area (Å²) in [4.78, 5) is 30.8.